The number of nitro groups is 1. The number of hydrogen-bond acceptors (Lipinski definition) is 4. The lowest BCUT2D eigenvalue weighted by Gasteiger charge is -2.34. The summed E-state index contributed by atoms with van der Waals surface area (Å²) in [6.45, 7) is 6.00. The fraction of sp³-hybridized carbons (Fsp3) is 0.500. The molecule has 116 valence electrons. The normalized spacial score (nSPS) is 11.2. The molecule has 6 nitrogen and oxygen atoms in total. The fourth-order valence-corrected chi connectivity index (χ4v) is 2.53. The van der Waals surface area contributed by atoms with Gasteiger partial charge in [-0.2, -0.15) is 0 Å². The monoisotopic (exact) mass is 314 g/mol. The number of hydrogen-bond donors (Lipinski definition) is 2. The average Bonchev–Trinajstić information content (AvgIpc) is 2.45. The number of rotatable bonds is 7. The van der Waals surface area contributed by atoms with Crippen molar-refractivity contribution in [3.8, 4) is 0 Å². The van der Waals surface area contributed by atoms with Crippen LogP contribution in [0.1, 0.15) is 50.4 Å². The van der Waals surface area contributed by atoms with Gasteiger partial charge in [0.1, 0.15) is 0 Å². The van der Waals surface area contributed by atoms with Crippen LogP contribution in [0, 0.1) is 10.1 Å². The van der Waals surface area contributed by atoms with E-state index in [4.69, 9.17) is 11.6 Å². The predicted molar refractivity (Wildman–Crippen MR) is 82.3 cm³/mol. The van der Waals surface area contributed by atoms with Crippen LogP contribution in [0.2, 0.25) is 5.02 Å². The molecule has 0 unspecified atom stereocenters. The van der Waals surface area contributed by atoms with Crippen molar-refractivity contribution in [3.63, 3.8) is 0 Å². The van der Waals surface area contributed by atoms with Gasteiger partial charge in [0.05, 0.1) is 21.2 Å². The Hall–Kier alpha value is -1.82. The van der Waals surface area contributed by atoms with Gasteiger partial charge in [0.2, 0.25) is 0 Å². The second-order valence-electron chi connectivity index (χ2n) is 4.88. The zero-order chi connectivity index (χ0) is 16.2. The molecular weight excluding hydrogens is 296 g/mol. The molecule has 2 N–H and O–H groups in total. The summed E-state index contributed by atoms with van der Waals surface area (Å²) in [5.41, 5.74) is -0.573. The third-order valence-electron chi connectivity index (χ3n) is 3.94. The largest absolute Gasteiger partial charge is 0.478 e. The Kier molecular flexibility index (Phi) is 5.54. The van der Waals surface area contributed by atoms with Crippen molar-refractivity contribution in [2.24, 2.45) is 0 Å². The number of nitro benzene ring substituents is 1. The molecule has 1 aromatic rings. The SMILES string of the molecule is CCC(CC)(CC)Nc1c(Cl)cc([N+](=O)[O-])cc1C(=O)O. The van der Waals surface area contributed by atoms with E-state index in [1.54, 1.807) is 0 Å². The predicted octanol–water partition coefficient (Wildman–Crippen LogP) is 4.33. The number of carbonyl (C=O) groups is 1. The first-order valence-electron chi connectivity index (χ1n) is 6.79. The molecule has 0 atom stereocenters. The summed E-state index contributed by atoms with van der Waals surface area (Å²) < 4.78 is 0. The molecule has 0 saturated heterocycles. The lowest BCUT2D eigenvalue weighted by atomic mass is 9.89. The molecule has 1 aromatic carbocycles. The first-order chi connectivity index (χ1) is 9.80. The van der Waals surface area contributed by atoms with Crippen LogP contribution in [-0.4, -0.2) is 21.5 Å². The van der Waals surface area contributed by atoms with E-state index in [0.717, 1.165) is 25.3 Å². The molecule has 0 aliphatic rings. The van der Waals surface area contributed by atoms with Gasteiger partial charge in [0.25, 0.3) is 5.69 Å². The molecule has 0 heterocycles. The van der Waals surface area contributed by atoms with Crippen molar-refractivity contribution < 1.29 is 14.8 Å². The van der Waals surface area contributed by atoms with Gasteiger partial charge in [-0.05, 0) is 19.3 Å². The molecule has 0 fully saturated rings. The molecule has 0 radical (unpaired) electrons. The van der Waals surface area contributed by atoms with Gasteiger partial charge in [-0.1, -0.05) is 32.4 Å². The number of carboxylic acids is 1. The number of carboxylic acid groups (broad SMARTS) is 1. The van der Waals surface area contributed by atoms with E-state index in [0.29, 0.717) is 0 Å². The van der Waals surface area contributed by atoms with Crippen LogP contribution in [0.3, 0.4) is 0 Å². The van der Waals surface area contributed by atoms with Crippen molar-refractivity contribution in [2.75, 3.05) is 5.32 Å². The van der Waals surface area contributed by atoms with Gasteiger partial charge in [0, 0.05) is 17.7 Å². The maximum Gasteiger partial charge on any atom is 0.338 e. The van der Waals surface area contributed by atoms with Gasteiger partial charge in [-0.25, -0.2) is 4.79 Å². The van der Waals surface area contributed by atoms with Crippen LogP contribution in [0.5, 0.6) is 0 Å². The third-order valence-corrected chi connectivity index (χ3v) is 4.23. The van der Waals surface area contributed by atoms with E-state index >= 15 is 0 Å². The van der Waals surface area contributed by atoms with Gasteiger partial charge in [-0.15, -0.1) is 0 Å². The average molecular weight is 315 g/mol. The van der Waals surface area contributed by atoms with Crippen molar-refractivity contribution in [2.45, 2.75) is 45.6 Å². The highest BCUT2D eigenvalue weighted by atomic mass is 35.5. The summed E-state index contributed by atoms with van der Waals surface area (Å²) in [6.07, 6.45) is 2.35. The number of non-ortho nitro benzene ring substituents is 1. The second-order valence-corrected chi connectivity index (χ2v) is 5.29. The summed E-state index contributed by atoms with van der Waals surface area (Å²) in [7, 11) is 0. The maximum atomic E-state index is 11.4. The lowest BCUT2D eigenvalue weighted by molar-refractivity contribution is -0.384. The van der Waals surface area contributed by atoms with Crippen molar-refractivity contribution in [3.05, 3.63) is 32.8 Å². The minimum Gasteiger partial charge on any atom is -0.478 e. The van der Waals surface area contributed by atoms with Gasteiger partial charge >= 0.3 is 5.97 Å². The summed E-state index contributed by atoms with van der Waals surface area (Å²) >= 11 is 6.07. The van der Waals surface area contributed by atoms with Crippen molar-refractivity contribution in [1.82, 2.24) is 0 Å². The highest BCUT2D eigenvalue weighted by Crippen LogP contribution is 2.35. The van der Waals surface area contributed by atoms with E-state index < -0.39 is 10.9 Å². The number of aromatic carboxylic acids is 1. The standard InChI is InChI=1S/C14H19ClN2O4/c1-4-14(5-2,6-3)16-12-10(13(18)19)7-9(17(20)21)8-11(12)15/h7-8,16H,4-6H2,1-3H3,(H,18,19). The second kappa shape index (κ2) is 6.76. The van der Waals surface area contributed by atoms with Crippen molar-refractivity contribution >= 4 is 28.9 Å². The molecule has 0 aromatic heterocycles. The molecule has 1 rings (SSSR count). The Morgan fingerprint density at radius 3 is 2.24 bits per heavy atom. The molecule has 21 heavy (non-hydrogen) atoms. The maximum absolute atomic E-state index is 11.4. The minimum atomic E-state index is -1.25. The quantitative estimate of drug-likeness (QED) is 0.577. The van der Waals surface area contributed by atoms with Crippen LogP contribution in [0.15, 0.2) is 12.1 Å². The zero-order valence-electron chi connectivity index (χ0n) is 12.3. The van der Waals surface area contributed by atoms with Crippen LogP contribution < -0.4 is 5.32 Å². The van der Waals surface area contributed by atoms with Crippen LogP contribution in [0.25, 0.3) is 0 Å². The molecule has 0 saturated carbocycles. The first-order valence-corrected chi connectivity index (χ1v) is 7.17. The molecule has 0 aliphatic carbocycles. The van der Waals surface area contributed by atoms with E-state index in [1.807, 2.05) is 20.8 Å². The Morgan fingerprint density at radius 2 is 1.86 bits per heavy atom. The van der Waals surface area contributed by atoms with Gasteiger partial charge in [0.15, 0.2) is 0 Å². The smallest absolute Gasteiger partial charge is 0.338 e. The molecule has 0 spiro atoms. The lowest BCUT2D eigenvalue weighted by Crippen LogP contribution is -2.36. The van der Waals surface area contributed by atoms with Gasteiger partial charge in [-0.3, -0.25) is 10.1 Å². The molecular formula is C14H19ClN2O4. The molecule has 0 amide bonds. The van der Waals surface area contributed by atoms with Crippen LogP contribution in [-0.2, 0) is 0 Å². The third kappa shape index (κ3) is 3.64. The zero-order valence-corrected chi connectivity index (χ0v) is 13.0. The Morgan fingerprint density at radius 1 is 1.33 bits per heavy atom. The van der Waals surface area contributed by atoms with Gasteiger partial charge < -0.3 is 10.4 Å². The summed E-state index contributed by atoms with van der Waals surface area (Å²) in [5, 5.41) is 23.4. The van der Waals surface area contributed by atoms with Crippen LogP contribution >= 0.6 is 11.6 Å². The Bertz CT molecular complexity index is 548. The fourth-order valence-electron chi connectivity index (χ4n) is 2.27. The number of nitrogens with zero attached hydrogens (tertiary/aromatic N) is 1. The number of halogens is 1. The Labute approximate surface area is 128 Å². The highest BCUT2D eigenvalue weighted by Gasteiger charge is 2.28. The number of nitrogens with one attached hydrogen (secondary N) is 1. The topological polar surface area (TPSA) is 92.5 Å². The summed E-state index contributed by atoms with van der Waals surface area (Å²) in [5.74, 6) is -1.25. The number of benzene rings is 1. The van der Waals surface area contributed by atoms with E-state index in [1.165, 1.54) is 6.07 Å². The van der Waals surface area contributed by atoms with E-state index in [-0.39, 0.29) is 27.5 Å². The van der Waals surface area contributed by atoms with E-state index in [9.17, 15) is 20.0 Å². The summed E-state index contributed by atoms with van der Waals surface area (Å²) in [4.78, 5) is 21.5. The molecule has 0 bridgehead atoms. The first kappa shape index (κ1) is 17.2. The number of anilines is 1. The Balaban J connectivity index is 3.41. The molecule has 7 heteroatoms. The van der Waals surface area contributed by atoms with E-state index in [2.05, 4.69) is 5.32 Å². The minimum absolute atomic E-state index is 0.0429. The molecule has 0 aliphatic heterocycles. The van der Waals surface area contributed by atoms with Crippen molar-refractivity contribution in [1.29, 1.82) is 0 Å². The highest BCUT2D eigenvalue weighted by molar-refractivity contribution is 6.34. The summed E-state index contributed by atoms with van der Waals surface area (Å²) in [6, 6.07) is 2.20. The van der Waals surface area contributed by atoms with Crippen LogP contribution in [0.4, 0.5) is 11.4 Å².